The van der Waals surface area contributed by atoms with Crippen LogP contribution in [0.1, 0.15) is 31.9 Å². The van der Waals surface area contributed by atoms with E-state index in [0.717, 1.165) is 12.1 Å². The molecule has 4 nitrogen and oxygen atoms in total. The van der Waals surface area contributed by atoms with Crippen LogP contribution < -0.4 is 11.1 Å². The number of nitrogens with two attached hydrogens (primary N) is 1. The fourth-order valence-corrected chi connectivity index (χ4v) is 1.68. The van der Waals surface area contributed by atoms with Crippen molar-refractivity contribution in [2.45, 2.75) is 45.9 Å². The van der Waals surface area contributed by atoms with E-state index in [4.69, 9.17) is 5.73 Å². The zero-order valence-corrected chi connectivity index (χ0v) is 12.3. The van der Waals surface area contributed by atoms with Gasteiger partial charge in [0.2, 0.25) is 5.91 Å². The number of carbonyl (C=O) groups is 1. The van der Waals surface area contributed by atoms with Gasteiger partial charge < -0.3 is 11.1 Å². The van der Waals surface area contributed by atoms with E-state index >= 15 is 0 Å². The molecule has 1 aromatic carbocycles. The standard InChI is InChI=1S/C15H25N3O/c1-11(2)18(4)10-14-8-6-5-7-13(14)9-17-15(19)12(3)16/h5-8,11-12H,9-10,16H2,1-4H3,(H,17,19). The van der Waals surface area contributed by atoms with Crippen LogP contribution in [0.5, 0.6) is 0 Å². The number of benzene rings is 1. The van der Waals surface area contributed by atoms with Gasteiger partial charge in [-0.1, -0.05) is 24.3 Å². The highest BCUT2D eigenvalue weighted by atomic mass is 16.2. The highest BCUT2D eigenvalue weighted by molar-refractivity contribution is 5.80. The molecule has 0 aromatic heterocycles. The molecule has 0 bridgehead atoms. The Labute approximate surface area is 116 Å². The van der Waals surface area contributed by atoms with Gasteiger partial charge in [0.05, 0.1) is 6.04 Å². The van der Waals surface area contributed by atoms with Crippen molar-refractivity contribution < 1.29 is 4.79 Å². The molecule has 4 heteroatoms. The number of nitrogens with one attached hydrogen (secondary N) is 1. The molecule has 0 aliphatic rings. The molecule has 106 valence electrons. The lowest BCUT2D eigenvalue weighted by molar-refractivity contribution is -0.122. The number of nitrogens with zero attached hydrogens (tertiary/aromatic N) is 1. The predicted molar refractivity (Wildman–Crippen MR) is 78.5 cm³/mol. The summed E-state index contributed by atoms with van der Waals surface area (Å²) in [5.74, 6) is -0.119. The molecule has 1 rings (SSSR count). The van der Waals surface area contributed by atoms with Crippen LogP contribution in [0.2, 0.25) is 0 Å². The fraction of sp³-hybridized carbons (Fsp3) is 0.533. The zero-order valence-electron chi connectivity index (χ0n) is 12.3. The largest absolute Gasteiger partial charge is 0.351 e. The van der Waals surface area contributed by atoms with Crippen molar-refractivity contribution in [2.75, 3.05) is 7.05 Å². The Hall–Kier alpha value is -1.39. The van der Waals surface area contributed by atoms with Crippen molar-refractivity contribution in [1.29, 1.82) is 0 Å². The van der Waals surface area contributed by atoms with E-state index in [2.05, 4.69) is 37.2 Å². The molecule has 1 unspecified atom stereocenters. The molecule has 0 aliphatic carbocycles. The molecule has 0 aliphatic heterocycles. The molecular weight excluding hydrogens is 238 g/mol. The number of hydrogen-bond acceptors (Lipinski definition) is 3. The van der Waals surface area contributed by atoms with Crippen LogP contribution in [-0.4, -0.2) is 29.9 Å². The van der Waals surface area contributed by atoms with E-state index in [0.29, 0.717) is 12.6 Å². The summed E-state index contributed by atoms with van der Waals surface area (Å²) in [5.41, 5.74) is 7.92. The van der Waals surface area contributed by atoms with Crippen LogP contribution in [0, 0.1) is 0 Å². The Balaban J connectivity index is 2.70. The minimum atomic E-state index is -0.467. The van der Waals surface area contributed by atoms with Crippen molar-refractivity contribution >= 4 is 5.91 Å². The molecule has 1 atom stereocenters. The molecule has 0 saturated carbocycles. The SMILES string of the molecule is CC(N)C(=O)NCc1ccccc1CN(C)C(C)C. The number of hydrogen-bond donors (Lipinski definition) is 2. The molecule has 0 spiro atoms. The van der Waals surface area contributed by atoms with Gasteiger partial charge in [0.25, 0.3) is 0 Å². The predicted octanol–water partition coefficient (Wildman–Crippen LogP) is 1.49. The van der Waals surface area contributed by atoms with E-state index in [9.17, 15) is 4.79 Å². The maximum Gasteiger partial charge on any atom is 0.236 e. The molecule has 19 heavy (non-hydrogen) atoms. The summed E-state index contributed by atoms with van der Waals surface area (Å²) in [6, 6.07) is 8.20. The first-order valence-corrected chi connectivity index (χ1v) is 6.72. The van der Waals surface area contributed by atoms with E-state index in [1.807, 2.05) is 18.2 Å². The summed E-state index contributed by atoms with van der Waals surface area (Å²) in [5, 5.41) is 2.86. The zero-order chi connectivity index (χ0) is 14.4. The summed E-state index contributed by atoms with van der Waals surface area (Å²) >= 11 is 0. The van der Waals surface area contributed by atoms with Gasteiger partial charge in [-0.15, -0.1) is 0 Å². The first-order chi connectivity index (χ1) is 8.91. The Morgan fingerprint density at radius 2 is 1.84 bits per heavy atom. The average Bonchev–Trinajstić information content (AvgIpc) is 2.36. The van der Waals surface area contributed by atoms with Crippen molar-refractivity contribution in [3.8, 4) is 0 Å². The number of rotatable bonds is 6. The summed E-state index contributed by atoms with van der Waals surface area (Å²) < 4.78 is 0. The molecule has 0 radical (unpaired) electrons. The maximum atomic E-state index is 11.5. The van der Waals surface area contributed by atoms with Crippen molar-refractivity contribution in [2.24, 2.45) is 5.73 Å². The Morgan fingerprint density at radius 1 is 1.26 bits per heavy atom. The van der Waals surface area contributed by atoms with Crippen molar-refractivity contribution in [1.82, 2.24) is 10.2 Å². The quantitative estimate of drug-likeness (QED) is 0.817. The smallest absolute Gasteiger partial charge is 0.236 e. The third-order valence-electron chi connectivity index (χ3n) is 3.29. The lowest BCUT2D eigenvalue weighted by Crippen LogP contribution is -2.38. The Kier molecular flexibility index (Phi) is 5.99. The lowest BCUT2D eigenvalue weighted by atomic mass is 10.1. The van der Waals surface area contributed by atoms with Crippen LogP contribution in [0.25, 0.3) is 0 Å². The van der Waals surface area contributed by atoms with Crippen LogP contribution in [0.4, 0.5) is 0 Å². The van der Waals surface area contributed by atoms with Gasteiger partial charge in [-0.3, -0.25) is 9.69 Å². The molecule has 1 aromatic rings. The van der Waals surface area contributed by atoms with Crippen LogP contribution in [-0.2, 0) is 17.9 Å². The molecular formula is C15H25N3O. The Bertz CT molecular complexity index is 416. The summed E-state index contributed by atoms with van der Waals surface area (Å²) in [6.07, 6.45) is 0. The topological polar surface area (TPSA) is 58.4 Å². The van der Waals surface area contributed by atoms with Gasteiger partial charge in [0, 0.05) is 19.1 Å². The summed E-state index contributed by atoms with van der Waals surface area (Å²) in [6.45, 7) is 7.43. The molecule has 3 N–H and O–H groups in total. The van der Waals surface area contributed by atoms with Crippen LogP contribution >= 0.6 is 0 Å². The highest BCUT2D eigenvalue weighted by Gasteiger charge is 2.10. The van der Waals surface area contributed by atoms with E-state index in [1.54, 1.807) is 6.92 Å². The van der Waals surface area contributed by atoms with E-state index < -0.39 is 6.04 Å². The van der Waals surface area contributed by atoms with E-state index in [1.165, 1.54) is 5.56 Å². The van der Waals surface area contributed by atoms with Gasteiger partial charge in [0.15, 0.2) is 0 Å². The lowest BCUT2D eigenvalue weighted by Gasteiger charge is -2.22. The summed E-state index contributed by atoms with van der Waals surface area (Å²) in [4.78, 5) is 13.8. The number of amides is 1. The maximum absolute atomic E-state index is 11.5. The average molecular weight is 263 g/mol. The fourth-order valence-electron chi connectivity index (χ4n) is 1.68. The molecule has 0 saturated heterocycles. The van der Waals surface area contributed by atoms with Gasteiger partial charge in [-0.05, 0) is 38.9 Å². The minimum absolute atomic E-state index is 0.119. The van der Waals surface area contributed by atoms with Gasteiger partial charge in [-0.25, -0.2) is 0 Å². The van der Waals surface area contributed by atoms with Crippen molar-refractivity contribution in [3.05, 3.63) is 35.4 Å². The molecule has 0 fully saturated rings. The van der Waals surface area contributed by atoms with Crippen molar-refractivity contribution in [3.63, 3.8) is 0 Å². The first-order valence-electron chi connectivity index (χ1n) is 6.72. The second-order valence-electron chi connectivity index (χ2n) is 5.28. The second kappa shape index (κ2) is 7.26. The van der Waals surface area contributed by atoms with E-state index in [-0.39, 0.29) is 5.91 Å². The van der Waals surface area contributed by atoms with Gasteiger partial charge >= 0.3 is 0 Å². The van der Waals surface area contributed by atoms with Gasteiger partial charge in [0.1, 0.15) is 0 Å². The summed E-state index contributed by atoms with van der Waals surface area (Å²) in [7, 11) is 2.10. The third kappa shape index (κ3) is 5.01. The molecule has 0 heterocycles. The highest BCUT2D eigenvalue weighted by Crippen LogP contribution is 2.12. The number of carbonyl (C=O) groups excluding carboxylic acids is 1. The Morgan fingerprint density at radius 3 is 2.37 bits per heavy atom. The third-order valence-corrected chi connectivity index (χ3v) is 3.29. The monoisotopic (exact) mass is 263 g/mol. The van der Waals surface area contributed by atoms with Crippen LogP contribution in [0.15, 0.2) is 24.3 Å². The minimum Gasteiger partial charge on any atom is -0.351 e. The van der Waals surface area contributed by atoms with Crippen LogP contribution in [0.3, 0.4) is 0 Å². The molecule has 1 amide bonds. The first kappa shape index (κ1) is 15.7. The van der Waals surface area contributed by atoms with Gasteiger partial charge in [-0.2, -0.15) is 0 Å². The second-order valence-corrected chi connectivity index (χ2v) is 5.28. The normalized spacial score (nSPS) is 12.8.